The molecule has 1 amide bonds. The fraction of sp³-hybridized carbons (Fsp3) is 0.533. The van der Waals surface area contributed by atoms with Crippen LogP contribution in [0.1, 0.15) is 37.0 Å². The van der Waals surface area contributed by atoms with Crippen molar-refractivity contribution < 1.29 is 9.53 Å². The zero-order valence-corrected chi connectivity index (χ0v) is 14.5. The number of methoxy groups -OCH3 is 1. The van der Waals surface area contributed by atoms with Gasteiger partial charge in [0.05, 0.1) is 11.6 Å². The second-order valence-corrected chi connectivity index (χ2v) is 5.99. The van der Waals surface area contributed by atoms with Crippen molar-refractivity contribution in [3.05, 3.63) is 28.2 Å². The van der Waals surface area contributed by atoms with Gasteiger partial charge in [0.25, 0.3) is 5.91 Å². The number of ether oxygens (including phenoxy) is 1. The average Bonchev–Trinajstić information content (AvgIpc) is 2.49. The van der Waals surface area contributed by atoms with Crippen LogP contribution in [0.3, 0.4) is 0 Å². The normalized spacial score (nSPS) is 11.2. The highest BCUT2D eigenvalue weighted by Crippen LogP contribution is 2.28. The van der Waals surface area contributed by atoms with Gasteiger partial charge in [-0.2, -0.15) is 0 Å². The zero-order chi connectivity index (χ0) is 15.2. The van der Waals surface area contributed by atoms with Crippen molar-refractivity contribution in [3.8, 4) is 5.75 Å². The predicted molar refractivity (Wildman–Crippen MR) is 86.8 cm³/mol. The van der Waals surface area contributed by atoms with E-state index in [4.69, 9.17) is 16.3 Å². The second kappa shape index (κ2) is 7.89. The molecular weight excluding hydrogens is 342 g/mol. The van der Waals surface area contributed by atoms with Crippen LogP contribution >= 0.6 is 27.5 Å². The lowest BCUT2D eigenvalue weighted by Gasteiger charge is -2.29. The van der Waals surface area contributed by atoms with Crippen LogP contribution in [0.2, 0.25) is 0 Å². The van der Waals surface area contributed by atoms with Crippen LogP contribution in [-0.2, 0) is 0 Å². The van der Waals surface area contributed by atoms with Gasteiger partial charge in [-0.05, 0) is 47.0 Å². The van der Waals surface area contributed by atoms with Gasteiger partial charge in [-0.3, -0.25) is 4.79 Å². The first-order valence-electron chi connectivity index (χ1n) is 6.69. The van der Waals surface area contributed by atoms with Crippen LogP contribution < -0.4 is 10.1 Å². The van der Waals surface area contributed by atoms with Gasteiger partial charge in [-0.15, -0.1) is 11.6 Å². The molecule has 0 atom stereocenters. The molecule has 0 saturated carbocycles. The number of hydrogen-bond donors (Lipinski definition) is 1. The smallest absolute Gasteiger partial charge is 0.251 e. The lowest BCUT2D eigenvalue weighted by Crippen LogP contribution is -2.38. The summed E-state index contributed by atoms with van der Waals surface area (Å²) in [6.07, 6.45) is 1.89. The first-order valence-corrected chi connectivity index (χ1v) is 8.02. The molecule has 0 aliphatic carbocycles. The summed E-state index contributed by atoms with van der Waals surface area (Å²) in [4.78, 5) is 12.2. The summed E-state index contributed by atoms with van der Waals surface area (Å²) in [6.45, 7) is 4.79. The van der Waals surface area contributed by atoms with Crippen molar-refractivity contribution in [3.63, 3.8) is 0 Å². The Hall–Kier alpha value is -0.740. The second-order valence-electron chi connectivity index (χ2n) is 4.87. The number of rotatable bonds is 7. The van der Waals surface area contributed by atoms with Gasteiger partial charge < -0.3 is 10.1 Å². The molecule has 1 N–H and O–H groups in total. The van der Waals surface area contributed by atoms with Gasteiger partial charge in [0, 0.05) is 23.4 Å². The molecule has 0 radical (unpaired) electrons. The molecule has 0 fully saturated rings. The standard InChI is InChI=1S/C15H21BrClNO2/c1-4-15(5-2,9-17)10-18-14(19)11-6-7-13(20-3)12(16)8-11/h6-8H,4-5,9-10H2,1-3H3,(H,18,19). The van der Waals surface area contributed by atoms with E-state index < -0.39 is 0 Å². The van der Waals surface area contributed by atoms with Gasteiger partial charge in [0.15, 0.2) is 0 Å². The summed E-state index contributed by atoms with van der Waals surface area (Å²) < 4.78 is 5.92. The number of halogens is 2. The molecule has 0 heterocycles. The summed E-state index contributed by atoms with van der Waals surface area (Å²) >= 11 is 9.42. The van der Waals surface area contributed by atoms with Crippen molar-refractivity contribution in [1.82, 2.24) is 5.32 Å². The van der Waals surface area contributed by atoms with E-state index in [1.807, 2.05) is 0 Å². The lowest BCUT2D eigenvalue weighted by molar-refractivity contribution is 0.0931. The average molecular weight is 363 g/mol. The monoisotopic (exact) mass is 361 g/mol. The number of carbonyl (C=O) groups is 1. The SMILES string of the molecule is CCC(CC)(CCl)CNC(=O)c1ccc(OC)c(Br)c1. The van der Waals surface area contributed by atoms with E-state index in [1.54, 1.807) is 25.3 Å². The molecule has 1 aromatic carbocycles. The van der Waals surface area contributed by atoms with Crippen LogP contribution in [0.15, 0.2) is 22.7 Å². The van der Waals surface area contributed by atoms with Crippen LogP contribution in [0.25, 0.3) is 0 Å². The van der Waals surface area contributed by atoms with Gasteiger partial charge in [0.2, 0.25) is 0 Å². The maximum absolute atomic E-state index is 12.2. The Balaban J connectivity index is 2.74. The van der Waals surface area contributed by atoms with E-state index in [0.29, 0.717) is 23.7 Å². The number of amides is 1. The minimum Gasteiger partial charge on any atom is -0.496 e. The molecule has 20 heavy (non-hydrogen) atoms. The van der Waals surface area contributed by atoms with E-state index in [0.717, 1.165) is 17.3 Å². The molecule has 1 aromatic rings. The van der Waals surface area contributed by atoms with Crippen molar-refractivity contribution in [1.29, 1.82) is 0 Å². The summed E-state index contributed by atoms with van der Waals surface area (Å²) in [5.41, 5.74) is 0.578. The van der Waals surface area contributed by atoms with E-state index in [-0.39, 0.29) is 11.3 Å². The molecule has 1 rings (SSSR count). The molecule has 112 valence electrons. The van der Waals surface area contributed by atoms with Crippen molar-refractivity contribution in [2.75, 3.05) is 19.5 Å². The molecular formula is C15H21BrClNO2. The Morgan fingerprint density at radius 3 is 2.50 bits per heavy atom. The molecule has 0 spiro atoms. The Bertz CT molecular complexity index is 453. The highest BCUT2D eigenvalue weighted by Gasteiger charge is 2.25. The number of hydrogen-bond acceptors (Lipinski definition) is 2. The number of alkyl halides is 1. The number of carbonyl (C=O) groups excluding carboxylic acids is 1. The molecule has 0 saturated heterocycles. The maximum atomic E-state index is 12.2. The van der Waals surface area contributed by atoms with Crippen LogP contribution in [-0.4, -0.2) is 25.4 Å². The van der Waals surface area contributed by atoms with Crippen molar-refractivity contribution >= 4 is 33.4 Å². The molecule has 5 heteroatoms. The highest BCUT2D eigenvalue weighted by molar-refractivity contribution is 9.10. The maximum Gasteiger partial charge on any atom is 0.251 e. The summed E-state index contributed by atoms with van der Waals surface area (Å²) in [7, 11) is 1.59. The van der Waals surface area contributed by atoms with Crippen LogP contribution in [0.5, 0.6) is 5.75 Å². The van der Waals surface area contributed by atoms with Gasteiger partial charge >= 0.3 is 0 Å². The Kier molecular flexibility index (Phi) is 6.83. The quantitative estimate of drug-likeness (QED) is 0.737. The lowest BCUT2D eigenvalue weighted by atomic mass is 9.84. The molecule has 0 aliphatic rings. The minimum absolute atomic E-state index is 0.0269. The molecule has 0 aliphatic heterocycles. The van der Waals surface area contributed by atoms with E-state index in [1.165, 1.54) is 0 Å². The zero-order valence-electron chi connectivity index (χ0n) is 12.1. The van der Waals surface area contributed by atoms with Gasteiger partial charge in [-0.1, -0.05) is 13.8 Å². The minimum atomic E-state index is -0.0928. The van der Waals surface area contributed by atoms with Crippen molar-refractivity contribution in [2.24, 2.45) is 5.41 Å². The van der Waals surface area contributed by atoms with E-state index in [9.17, 15) is 4.79 Å². The van der Waals surface area contributed by atoms with Crippen molar-refractivity contribution in [2.45, 2.75) is 26.7 Å². The first kappa shape index (κ1) is 17.3. The van der Waals surface area contributed by atoms with E-state index in [2.05, 4.69) is 35.1 Å². The summed E-state index contributed by atoms with van der Waals surface area (Å²) in [6, 6.07) is 5.28. The predicted octanol–water partition coefficient (Wildman–Crippen LogP) is 4.23. The fourth-order valence-corrected chi connectivity index (χ4v) is 2.93. The Morgan fingerprint density at radius 1 is 1.40 bits per heavy atom. The Morgan fingerprint density at radius 2 is 2.05 bits per heavy atom. The van der Waals surface area contributed by atoms with Gasteiger partial charge in [-0.25, -0.2) is 0 Å². The molecule has 3 nitrogen and oxygen atoms in total. The van der Waals surface area contributed by atoms with Crippen LogP contribution in [0.4, 0.5) is 0 Å². The first-order chi connectivity index (χ1) is 9.51. The largest absolute Gasteiger partial charge is 0.496 e. The third kappa shape index (κ3) is 4.13. The third-order valence-corrected chi connectivity index (χ3v) is 5.01. The molecule has 0 aromatic heterocycles. The van der Waals surface area contributed by atoms with Gasteiger partial charge in [0.1, 0.15) is 5.75 Å². The highest BCUT2D eigenvalue weighted by atomic mass is 79.9. The van der Waals surface area contributed by atoms with E-state index >= 15 is 0 Å². The molecule has 0 unspecified atom stereocenters. The third-order valence-electron chi connectivity index (χ3n) is 3.82. The number of benzene rings is 1. The summed E-state index contributed by atoms with van der Waals surface area (Å²) in [5, 5.41) is 2.97. The molecule has 0 bridgehead atoms. The van der Waals surface area contributed by atoms with Crippen LogP contribution in [0, 0.1) is 5.41 Å². The topological polar surface area (TPSA) is 38.3 Å². The Labute approximate surface area is 134 Å². The number of nitrogens with one attached hydrogen (secondary N) is 1. The fourth-order valence-electron chi connectivity index (χ4n) is 1.91. The summed E-state index contributed by atoms with van der Waals surface area (Å²) in [5.74, 6) is 1.16.